The molecule has 0 unspecified atom stereocenters. The van der Waals surface area contributed by atoms with Gasteiger partial charge in [0.25, 0.3) is 0 Å². The summed E-state index contributed by atoms with van der Waals surface area (Å²) in [5.41, 5.74) is 3.59. The molecule has 0 spiro atoms. The van der Waals surface area contributed by atoms with Crippen molar-refractivity contribution in [2.24, 2.45) is 5.41 Å². The van der Waals surface area contributed by atoms with E-state index in [0.717, 1.165) is 29.1 Å². The van der Waals surface area contributed by atoms with E-state index in [1.807, 2.05) is 0 Å². The summed E-state index contributed by atoms with van der Waals surface area (Å²) in [7, 11) is 0. The second kappa shape index (κ2) is 5.52. The monoisotopic (exact) mass is 332 g/mol. The summed E-state index contributed by atoms with van der Waals surface area (Å²) in [5, 5.41) is 2.18. The van der Waals surface area contributed by atoms with Crippen LogP contribution in [0.4, 0.5) is 4.39 Å². The standard InChI is InChI=1S/C19H25FN2S/c1-12-8-15(20)18-14(17(12)13-10-19(2,3)11-13)9-16(21-18)23-22-6-4-5-7-22/h8-9,13,21H,4-7,10-11H2,1-3H3. The van der Waals surface area contributed by atoms with Crippen molar-refractivity contribution in [3.63, 3.8) is 0 Å². The summed E-state index contributed by atoms with van der Waals surface area (Å²) in [5.74, 6) is 0.460. The Morgan fingerprint density at radius 3 is 2.57 bits per heavy atom. The number of benzene rings is 1. The first-order valence-electron chi connectivity index (χ1n) is 8.68. The number of nitrogens with one attached hydrogen (secondary N) is 1. The van der Waals surface area contributed by atoms with Gasteiger partial charge in [0.2, 0.25) is 0 Å². The number of fused-ring (bicyclic) bond motifs is 1. The molecule has 0 atom stereocenters. The van der Waals surface area contributed by atoms with Crippen LogP contribution in [0.5, 0.6) is 0 Å². The average Bonchev–Trinajstić information content (AvgIpc) is 3.06. The molecule has 1 aromatic heterocycles. The molecule has 1 saturated carbocycles. The molecule has 2 aliphatic rings. The zero-order valence-corrected chi connectivity index (χ0v) is 15.0. The average molecular weight is 332 g/mol. The lowest BCUT2D eigenvalue weighted by Crippen LogP contribution is -2.30. The van der Waals surface area contributed by atoms with Gasteiger partial charge >= 0.3 is 0 Å². The van der Waals surface area contributed by atoms with Gasteiger partial charge in [0.15, 0.2) is 0 Å². The Bertz CT molecular complexity index is 735. The van der Waals surface area contributed by atoms with E-state index in [2.05, 4.69) is 36.1 Å². The maximum atomic E-state index is 14.4. The van der Waals surface area contributed by atoms with Crippen LogP contribution in [0.3, 0.4) is 0 Å². The van der Waals surface area contributed by atoms with Gasteiger partial charge in [0.05, 0.1) is 10.5 Å². The van der Waals surface area contributed by atoms with Crippen LogP contribution in [-0.4, -0.2) is 22.4 Å². The molecule has 2 aromatic rings. The molecule has 1 aliphatic heterocycles. The van der Waals surface area contributed by atoms with Crippen LogP contribution >= 0.6 is 11.9 Å². The Hall–Kier alpha value is -1.00. The summed E-state index contributed by atoms with van der Waals surface area (Å²) >= 11 is 1.75. The third-order valence-corrected chi connectivity index (χ3v) is 6.43. The number of rotatable bonds is 3. The van der Waals surface area contributed by atoms with Gasteiger partial charge in [-0.1, -0.05) is 13.8 Å². The number of H-pyrrole nitrogens is 1. The summed E-state index contributed by atoms with van der Waals surface area (Å²) in [6.45, 7) is 8.97. The van der Waals surface area contributed by atoms with Gasteiger partial charge < -0.3 is 4.98 Å². The zero-order chi connectivity index (χ0) is 16.2. The molecule has 23 heavy (non-hydrogen) atoms. The Balaban J connectivity index is 1.72. The molecular formula is C19H25FN2S. The van der Waals surface area contributed by atoms with Gasteiger partial charge in [-0.25, -0.2) is 8.70 Å². The summed E-state index contributed by atoms with van der Waals surface area (Å²) in [4.78, 5) is 3.33. The molecule has 1 saturated heterocycles. The molecule has 1 N–H and O–H groups in total. The lowest BCUT2D eigenvalue weighted by Gasteiger charge is -2.43. The lowest BCUT2D eigenvalue weighted by molar-refractivity contribution is 0.152. The summed E-state index contributed by atoms with van der Waals surface area (Å²) in [6, 6.07) is 3.89. The Morgan fingerprint density at radius 2 is 1.91 bits per heavy atom. The van der Waals surface area contributed by atoms with Gasteiger partial charge in [0.1, 0.15) is 5.82 Å². The van der Waals surface area contributed by atoms with Crippen molar-refractivity contribution in [2.75, 3.05) is 13.1 Å². The third-order valence-electron chi connectivity index (χ3n) is 5.39. The Labute approximate surface area is 142 Å². The van der Waals surface area contributed by atoms with E-state index in [4.69, 9.17) is 0 Å². The van der Waals surface area contributed by atoms with Gasteiger partial charge in [0, 0.05) is 18.5 Å². The second-order valence-corrected chi connectivity index (χ2v) is 9.15. The fourth-order valence-corrected chi connectivity index (χ4v) is 5.41. The largest absolute Gasteiger partial charge is 0.346 e. The minimum atomic E-state index is -0.117. The number of aryl methyl sites for hydroxylation is 1. The number of hydrogen-bond donors (Lipinski definition) is 1. The van der Waals surface area contributed by atoms with Crippen molar-refractivity contribution in [1.29, 1.82) is 0 Å². The third kappa shape index (κ3) is 2.80. The highest BCUT2D eigenvalue weighted by atomic mass is 32.2. The molecule has 4 heteroatoms. The normalized spacial score (nSPS) is 21.9. The Morgan fingerprint density at radius 1 is 1.22 bits per heavy atom. The van der Waals surface area contributed by atoms with Gasteiger partial charge in [-0.2, -0.15) is 0 Å². The molecule has 4 rings (SSSR count). The molecule has 1 aromatic carbocycles. The van der Waals surface area contributed by atoms with E-state index in [1.165, 1.54) is 31.2 Å². The van der Waals surface area contributed by atoms with Gasteiger partial charge in [-0.15, -0.1) is 0 Å². The smallest absolute Gasteiger partial charge is 0.147 e. The number of hydrogen-bond acceptors (Lipinski definition) is 2. The molecule has 0 amide bonds. The molecule has 0 bridgehead atoms. The van der Waals surface area contributed by atoms with Crippen LogP contribution in [0.2, 0.25) is 0 Å². The van der Waals surface area contributed by atoms with E-state index in [-0.39, 0.29) is 5.82 Å². The first kappa shape index (κ1) is 15.5. The minimum Gasteiger partial charge on any atom is -0.346 e. The van der Waals surface area contributed by atoms with Crippen LogP contribution in [0, 0.1) is 18.2 Å². The highest BCUT2D eigenvalue weighted by Crippen LogP contribution is 2.53. The van der Waals surface area contributed by atoms with E-state index in [9.17, 15) is 4.39 Å². The summed E-state index contributed by atoms with van der Waals surface area (Å²) in [6.07, 6.45) is 4.94. The minimum absolute atomic E-state index is 0.117. The second-order valence-electron chi connectivity index (χ2n) is 8.01. The molecule has 2 nitrogen and oxygen atoms in total. The number of aromatic amines is 1. The SMILES string of the molecule is Cc1cc(F)c2[nH]c(SN3CCCC3)cc2c1C1CC(C)(C)C1. The quantitative estimate of drug-likeness (QED) is 0.735. The first-order chi connectivity index (χ1) is 10.9. The predicted octanol–water partition coefficient (Wildman–Crippen LogP) is 5.62. The van der Waals surface area contributed by atoms with Gasteiger partial charge in [-0.05, 0) is 79.1 Å². The van der Waals surface area contributed by atoms with Crippen molar-refractivity contribution in [3.8, 4) is 0 Å². The van der Waals surface area contributed by atoms with Crippen LogP contribution in [0.25, 0.3) is 10.9 Å². The molecule has 1 aliphatic carbocycles. The maximum absolute atomic E-state index is 14.4. The lowest BCUT2D eigenvalue weighted by atomic mass is 9.61. The van der Waals surface area contributed by atoms with Crippen LogP contribution < -0.4 is 0 Å². The fraction of sp³-hybridized carbons (Fsp3) is 0.579. The number of aromatic nitrogens is 1. The molecule has 2 fully saturated rings. The highest BCUT2D eigenvalue weighted by molar-refractivity contribution is 7.97. The zero-order valence-electron chi connectivity index (χ0n) is 14.2. The molecule has 0 radical (unpaired) electrons. The topological polar surface area (TPSA) is 19.0 Å². The van der Waals surface area contributed by atoms with Crippen LogP contribution in [-0.2, 0) is 0 Å². The number of nitrogens with zero attached hydrogens (tertiary/aromatic N) is 1. The molecule has 2 heterocycles. The van der Waals surface area contributed by atoms with Gasteiger partial charge in [-0.3, -0.25) is 0 Å². The van der Waals surface area contributed by atoms with Crippen molar-refractivity contribution < 1.29 is 4.39 Å². The highest BCUT2D eigenvalue weighted by Gasteiger charge is 2.38. The maximum Gasteiger partial charge on any atom is 0.147 e. The molecular weight excluding hydrogens is 307 g/mol. The van der Waals surface area contributed by atoms with Crippen LogP contribution in [0.15, 0.2) is 17.2 Å². The predicted molar refractivity (Wildman–Crippen MR) is 95.4 cm³/mol. The van der Waals surface area contributed by atoms with Crippen molar-refractivity contribution in [2.45, 2.75) is 57.4 Å². The van der Waals surface area contributed by atoms with E-state index >= 15 is 0 Å². The van der Waals surface area contributed by atoms with E-state index in [0.29, 0.717) is 16.8 Å². The van der Waals surface area contributed by atoms with E-state index in [1.54, 1.807) is 18.0 Å². The van der Waals surface area contributed by atoms with Crippen molar-refractivity contribution in [1.82, 2.24) is 9.29 Å². The molecule has 124 valence electrons. The van der Waals surface area contributed by atoms with Crippen LogP contribution in [0.1, 0.15) is 56.6 Å². The number of halogens is 1. The summed E-state index contributed by atoms with van der Waals surface area (Å²) < 4.78 is 16.8. The van der Waals surface area contributed by atoms with E-state index < -0.39 is 0 Å². The van der Waals surface area contributed by atoms with Crippen molar-refractivity contribution >= 4 is 22.9 Å². The fourth-order valence-electron chi connectivity index (χ4n) is 4.37. The van der Waals surface area contributed by atoms with Crippen molar-refractivity contribution in [3.05, 3.63) is 29.1 Å². The Kier molecular flexibility index (Phi) is 3.73. The first-order valence-corrected chi connectivity index (χ1v) is 9.45.